The van der Waals surface area contributed by atoms with E-state index < -0.39 is 11.5 Å². The van der Waals surface area contributed by atoms with Crippen molar-refractivity contribution in [3.05, 3.63) is 40.9 Å². The maximum atomic E-state index is 12.9. The average Bonchev–Trinajstić information content (AvgIpc) is 3.50. The van der Waals surface area contributed by atoms with Gasteiger partial charge in [0.25, 0.3) is 0 Å². The van der Waals surface area contributed by atoms with Crippen LogP contribution in [-0.2, 0) is 11.2 Å². The third-order valence-corrected chi connectivity index (χ3v) is 9.26. The minimum atomic E-state index is -0.590. The molecule has 32 heavy (non-hydrogen) atoms. The first-order valence-corrected chi connectivity index (χ1v) is 12.5. The lowest BCUT2D eigenvalue weighted by molar-refractivity contribution is -0.144. The molecule has 0 saturated heterocycles. The minimum Gasteiger partial charge on any atom is -0.396 e. The van der Waals surface area contributed by atoms with Gasteiger partial charge in [-0.2, -0.15) is 0 Å². The van der Waals surface area contributed by atoms with Crippen LogP contribution in [0.25, 0.3) is 0 Å². The molecular formula is C25H33N3O3S. The summed E-state index contributed by atoms with van der Waals surface area (Å²) in [5, 5.41) is 28.6. The van der Waals surface area contributed by atoms with Crippen LogP contribution in [-0.4, -0.2) is 39.9 Å². The van der Waals surface area contributed by atoms with Crippen LogP contribution >= 0.6 is 11.3 Å². The summed E-state index contributed by atoms with van der Waals surface area (Å²) >= 11 is 1.64. The van der Waals surface area contributed by atoms with E-state index in [2.05, 4.69) is 17.6 Å². The highest BCUT2D eigenvalue weighted by Gasteiger charge is 2.59. The smallest absolute Gasteiger partial charge is 0.220 e. The highest BCUT2D eigenvalue weighted by atomic mass is 32.1. The maximum Gasteiger partial charge on any atom is 0.220 e. The van der Waals surface area contributed by atoms with Crippen LogP contribution in [0.1, 0.15) is 62.4 Å². The fourth-order valence-corrected chi connectivity index (χ4v) is 7.13. The van der Waals surface area contributed by atoms with Gasteiger partial charge in [-0.1, -0.05) is 32.0 Å². The van der Waals surface area contributed by atoms with Gasteiger partial charge in [-0.15, -0.1) is 11.3 Å². The van der Waals surface area contributed by atoms with Gasteiger partial charge in [0.2, 0.25) is 5.91 Å². The van der Waals surface area contributed by atoms with E-state index in [9.17, 15) is 15.0 Å². The largest absolute Gasteiger partial charge is 0.396 e. The Morgan fingerprint density at radius 1 is 1.22 bits per heavy atom. The number of aromatic nitrogens is 1. The summed E-state index contributed by atoms with van der Waals surface area (Å²) in [6.07, 6.45) is 4.24. The fraction of sp³-hybridized carbons (Fsp3) is 0.600. The highest BCUT2D eigenvalue weighted by Crippen LogP contribution is 2.62. The second-order valence-electron chi connectivity index (χ2n) is 10.4. The molecule has 1 amide bonds. The number of thiazole rings is 1. The minimum absolute atomic E-state index is 0.0315. The molecule has 2 fully saturated rings. The lowest BCUT2D eigenvalue weighted by atomic mass is 9.47. The third kappa shape index (κ3) is 3.74. The Morgan fingerprint density at radius 3 is 2.66 bits per heavy atom. The van der Waals surface area contributed by atoms with E-state index >= 15 is 0 Å². The molecule has 7 heteroatoms. The molecule has 1 heterocycles. The van der Waals surface area contributed by atoms with Gasteiger partial charge in [0.1, 0.15) is 0 Å². The van der Waals surface area contributed by atoms with Crippen molar-refractivity contribution in [3.8, 4) is 0 Å². The van der Waals surface area contributed by atoms with Crippen molar-refractivity contribution in [1.29, 1.82) is 0 Å². The summed E-state index contributed by atoms with van der Waals surface area (Å²) in [5.41, 5.74) is 1.21. The molecule has 3 aliphatic rings. The standard InChI is InChI=1S/C25H33N3O3S/c1-24-11-10-20(30)25(2,14-29)19(24)13-18-22(17(24)12-21(31)26-16-8-9-16)28-23(32-18)27-15-6-4-3-5-7-15/h3-7,16-17,19-20,29-30H,8-14H2,1-2H3,(H,26,31)(H,27,28). The molecule has 4 N–H and O–H groups in total. The number of hydrogen-bond donors (Lipinski definition) is 4. The first-order chi connectivity index (χ1) is 15.3. The molecule has 0 radical (unpaired) electrons. The summed E-state index contributed by atoms with van der Waals surface area (Å²) in [6, 6.07) is 10.3. The number of amides is 1. The number of carbonyl (C=O) groups excluding carboxylic acids is 1. The van der Waals surface area contributed by atoms with Crippen molar-refractivity contribution in [3.63, 3.8) is 0 Å². The molecule has 6 nitrogen and oxygen atoms in total. The SMILES string of the molecule is CC1(CO)C(O)CCC2(C)C(CC(=O)NC3CC3)c3nc(Nc4ccccc4)sc3CC12. The quantitative estimate of drug-likeness (QED) is 0.529. The molecule has 0 spiro atoms. The Hall–Kier alpha value is -1.96. The van der Waals surface area contributed by atoms with Gasteiger partial charge in [-0.05, 0) is 55.6 Å². The molecule has 2 saturated carbocycles. The van der Waals surface area contributed by atoms with E-state index in [1.54, 1.807) is 11.3 Å². The van der Waals surface area contributed by atoms with Crippen LogP contribution in [0.2, 0.25) is 0 Å². The van der Waals surface area contributed by atoms with Crippen LogP contribution in [0.4, 0.5) is 10.8 Å². The summed E-state index contributed by atoms with van der Waals surface area (Å²) in [4.78, 5) is 19.1. The van der Waals surface area contributed by atoms with Gasteiger partial charge >= 0.3 is 0 Å². The van der Waals surface area contributed by atoms with Crippen molar-refractivity contribution >= 4 is 28.1 Å². The lowest BCUT2D eigenvalue weighted by Crippen LogP contribution is -2.57. The molecule has 0 aliphatic heterocycles. The first kappa shape index (κ1) is 21.9. The number of nitrogens with zero attached hydrogens (tertiary/aromatic N) is 1. The number of aliphatic hydroxyl groups excluding tert-OH is 2. The second-order valence-corrected chi connectivity index (χ2v) is 11.5. The van der Waals surface area contributed by atoms with Gasteiger partial charge < -0.3 is 20.8 Å². The average molecular weight is 456 g/mol. The van der Waals surface area contributed by atoms with Crippen LogP contribution in [0, 0.1) is 16.7 Å². The zero-order valence-electron chi connectivity index (χ0n) is 18.8. The molecular weight excluding hydrogens is 422 g/mol. The molecule has 5 rings (SSSR count). The summed E-state index contributed by atoms with van der Waals surface area (Å²) < 4.78 is 0. The van der Waals surface area contributed by atoms with Crippen LogP contribution in [0.15, 0.2) is 30.3 Å². The number of rotatable bonds is 6. The van der Waals surface area contributed by atoms with Crippen molar-refractivity contribution in [2.45, 2.75) is 70.4 Å². The Kier molecular flexibility index (Phi) is 5.55. The number of para-hydroxylation sites is 1. The lowest BCUT2D eigenvalue weighted by Gasteiger charge is -2.58. The first-order valence-electron chi connectivity index (χ1n) is 11.7. The second kappa shape index (κ2) is 8.12. The number of fused-ring (bicyclic) bond motifs is 2. The van der Waals surface area contributed by atoms with Crippen LogP contribution in [0.5, 0.6) is 0 Å². The Balaban J connectivity index is 1.52. The highest BCUT2D eigenvalue weighted by molar-refractivity contribution is 7.15. The summed E-state index contributed by atoms with van der Waals surface area (Å²) in [5.74, 6) is 0.142. The number of nitrogens with one attached hydrogen (secondary N) is 2. The van der Waals surface area contributed by atoms with Gasteiger partial charge in [0, 0.05) is 34.4 Å². The molecule has 0 bridgehead atoms. The van der Waals surface area contributed by atoms with Gasteiger partial charge in [0.05, 0.1) is 18.4 Å². The molecule has 2 aromatic rings. The van der Waals surface area contributed by atoms with Gasteiger partial charge in [0.15, 0.2) is 5.13 Å². The van der Waals surface area contributed by atoms with E-state index in [0.717, 1.165) is 42.2 Å². The van der Waals surface area contributed by atoms with Crippen molar-refractivity contribution in [1.82, 2.24) is 10.3 Å². The molecule has 5 unspecified atom stereocenters. The summed E-state index contributed by atoms with van der Waals surface area (Å²) in [6.45, 7) is 4.20. The van der Waals surface area contributed by atoms with Crippen molar-refractivity contribution in [2.24, 2.45) is 16.7 Å². The van der Waals surface area contributed by atoms with Crippen molar-refractivity contribution < 1.29 is 15.0 Å². The number of anilines is 2. The Morgan fingerprint density at radius 2 is 1.97 bits per heavy atom. The topological polar surface area (TPSA) is 94.5 Å². The Labute approximate surface area is 193 Å². The predicted octanol–water partition coefficient (Wildman–Crippen LogP) is 3.97. The number of aliphatic hydroxyl groups is 2. The Bertz CT molecular complexity index is 992. The molecule has 1 aromatic carbocycles. The zero-order chi connectivity index (χ0) is 22.5. The number of benzene rings is 1. The number of hydrogen-bond acceptors (Lipinski definition) is 6. The molecule has 1 aromatic heterocycles. The van der Waals surface area contributed by atoms with E-state index in [1.807, 2.05) is 37.3 Å². The molecule has 172 valence electrons. The van der Waals surface area contributed by atoms with E-state index in [4.69, 9.17) is 4.98 Å². The van der Waals surface area contributed by atoms with Crippen LogP contribution < -0.4 is 10.6 Å². The molecule has 5 atom stereocenters. The van der Waals surface area contributed by atoms with E-state index in [0.29, 0.717) is 18.9 Å². The normalized spacial score (nSPS) is 33.8. The predicted molar refractivity (Wildman–Crippen MR) is 126 cm³/mol. The van der Waals surface area contributed by atoms with Gasteiger partial charge in [-0.25, -0.2) is 4.98 Å². The third-order valence-electron chi connectivity index (χ3n) is 8.25. The monoisotopic (exact) mass is 455 g/mol. The fourth-order valence-electron chi connectivity index (χ4n) is 6.04. The van der Waals surface area contributed by atoms with Gasteiger partial charge in [-0.3, -0.25) is 4.79 Å². The maximum absolute atomic E-state index is 12.9. The van der Waals surface area contributed by atoms with E-state index in [1.165, 1.54) is 4.88 Å². The zero-order valence-corrected chi connectivity index (χ0v) is 19.6. The molecule has 3 aliphatic carbocycles. The van der Waals surface area contributed by atoms with Crippen molar-refractivity contribution in [2.75, 3.05) is 11.9 Å². The van der Waals surface area contributed by atoms with Crippen LogP contribution in [0.3, 0.4) is 0 Å². The van der Waals surface area contributed by atoms with E-state index in [-0.39, 0.29) is 29.8 Å². The number of carbonyl (C=O) groups is 1. The summed E-state index contributed by atoms with van der Waals surface area (Å²) in [7, 11) is 0.